The minimum Gasteiger partial charge on any atom is -0.457 e. The summed E-state index contributed by atoms with van der Waals surface area (Å²) >= 11 is 0. The lowest BCUT2D eigenvalue weighted by Crippen LogP contribution is -2.36. The lowest BCUT2D eigenvalue weighted by atomic mass is 10.0. The van der Waals surface area contributed by atoms with Gasteiger partial charge in [0, 0.05) is 25.0 Å². The Hall–Kier alpha value is -2.73. The first kappa shape index (κ1) is 18.3. The zero-order valence-electron chi connectivity index (χ0n) is 14.1. The second kappa shape index (κ2) is 8.05. The summed E-state index contributed by atoms with van der Waals surface area (Å²) in [5.74, 6) is 4.98. The van der Waals surface area contributed by atoms with E-state index in [1.165, 1.54) is 0 Å². The van der Waals surface area contributed by atoms with Crippen LogP contribution in [0.25, 0.3) is 0 Å². The van der Waals surface area contributed by atoms with Gasteiger partial charge < -0.3 is 9.47 Å². The first-order valence-corrected chi connectivity index (χ1v) is 7.28. The van der Waals surface area contributed by atoms with Gasteiger partial charge in [0.05, 0.1) is 0 Å². The largest absolute Gasteiger partial charge is 0.457 e. The maximum absolute atomic E-state index is 12.3. The fourth-order valence-corrected chi connectivity index (χ4v) is 1.96. The van der Waals surface area contributed by atoms with Crippen LogP contribution in [0.5, 0.6) is 0 Å². The lowest BCUT2D eigenvalue weighted by molar-refractivity contribution is -0.206. The molecular weight excluding hydrogens is 288 g/mol. The van der Waals surface area contributed by atoms with Crippen molar-refractivity contribution in [3.8, 4) is 11.8 Å². The predicted molar refractivity (Wildman–Crippen MR) is 93.1 cm³/mol. The standard InChI is InChI=1S/C20H22O3/c1-7-10-12-16(9-3)13-14-17(11-8-2)18-15(4)22-20(5,6)23-19(18)21/h7-12H,2-3H2,1,4-6H3/b10-7-,16-12+,17-11-. The van der Waals surface area contributed by atoms with Gasteiger partial charge in [0.2, 0.25) is 5.79 Å². The Bertz CT molecular complexity index is 686. The van der Waals surface area contributed by atoms with E-state index in [2.05, 4.69) is 25.0 Å². The van der Waals surface area contributed by atoms with Crippen LogP contribution in [0.3, 0.4) is 0 Å². The summed E-state index contributed by atoms with van der Waals surface area (Å²) in [6.45, 7) is 14.4. The van der Waals surface area contributed by atoms with E-state index in [1.54, 1.807) is 39.0 Å². The molecule has 0 aromatic carbocycles. The molecule has 0 radical (unpaired) electrons. The molecule has 0 unspecified atom stereocenters. The third-order valence-corrected chi connectivity index (χ3v) is 2.88. The molecule has 0 aromatic heterocycles. The summed E-state index contributed by atoms with van der Waals surface area (Å²) in [5.41, 5.74) is 1.54. The summed E-state index contributed by atoms with van der Waals surface area (Å²) in [6.07, 6.45) is 10.5. The monoisotopic (exact) mass is 310 g/mol. The molecular formula is C20H22O3. The van der Waals surface area contributed by atoms with Crippen LogP contribution in [0.15, 0.2) is 72.1 Å². The predicted octanol–water partition coefficient (Wildman–Crippen LogP) is 4.37. The molecule has 0 aliphatic carbocycles. The van der Waals surface area contributed by atoms with E-state index in [4.69, 9.17) is 9.47 Å². The minimum absolute atomic E-state index is 0.311. The van der Waals surface area contributed by atoms with Crippen LogP contribution in [0.2, 0.25) is 0 Å². The second-order valence-corrected chi connectivity index (χ2v) is 5.24. The molecule has 1 heterocycles. The van der Waals surface area contributed by atoms with Crippen molar-refractivity contribution in [3.05, 3.63) is 72.1 Å². The van der Waals surface area contributed by atoms with Crippen LogP contribution in [-0.2, 0) is 14.3 Å². The molecule has 3 heteroatoms. The van der Waals surface area contributed by atoms with Gasteiger partial charge in [-0.05, 0) is 26.0 Å². The van der Waals surface area contributed by atoms with Crippen LogP contribution in [0.1, 0.15) is 27.7 Å². The van der Waals surface area contributed by atoms with Gasteiger partial charge in [-0.3, -0.25) is 0 Å². The highest BCUT2D eigenvalue weighted by Gasteiger charge is 2.35. The van der Waals surface area contributed by atoms with Crippen LogP contribution >= 0.6 is 0 Å². The quantitative estimate of drug-likeness (QED) is 0.439. The van der Waals surface area contributed by atoms with Crippen LogP contribution in [-0.4, -0.2) is 11.8 Å². The maximum atomic E-state index is 12.3. The zero-order chi connectivity index (χ0) is 17.5. The molecule has 0 bridgehead atoms. The van der Waals surface area contributed by atoms with Crippen LogP contribution in [0, 0.1) is 11.8 Å². The highest BCUT2D eigenvalue weighted by Crippen LogP contribution is 2.29. The van der Waals surface area contributed by atoms with Gasteiger partial charge in [0.25, 0.3) is 0 Å². The molecule has 0 aromatic rings. The summed E-state index contributed by atoms with van der Waals surface area (Å²) in [7, 11) is 0. The van der Waals surface area contributed by atoms with Gasteiger partial charge >= 0.3 is 5.97 Å². The molecule has 3 nitrogen and oxygen atoms in total. The Morgan fingerprint density at radius 1 is 1.17 bits per heavy atom. The summed E-state index contributed by atoms with van der Waals surface area (Å²) in [6, 6.07) is 0. The topological polar surface area (TPSA) is 35.5 Å². The Morgan fingerprint density at radius 2 is 1.87 bits per heavy atom. The average Bonchev–Trinajstić information content (AvgIpc) is 2.45. The Kier molecular flexibility index (Phi) is 6.41. The summed E-state index contributed by atoms with van der Waals surface area (Å²) in [5, 5.41) is 0. The molecule has 1 rings (SSSR count). The summed E-state index contributed by atoms with van der Waals surface area (Å²) in [4.78, 5) is 12.3. The van der Waals surface area contributed by atoms with Gasteiger partial charge in [-0.2, -0.15) is 0 Å². The van der Waals surface area contributed by atoms with E-state index in [0.29, 0.717) is 16.9 Å². The van der Waals surface area contributed by atoms with Gasteiger partial charge in [-0.15, -0.1) is 0 Å². The van der Waals surface area contributed by atoms with E-state index in [0.717, 1.165) is 5.57 Å². The fourth-order valence-electron chi connectivity index (χ4n) is 1.96. The van der Waals surface area contributed by atoms with E-state index in [9.17, 15) is 4.79 Å². The van der Waals surface area contributed by atoms with Gasteiger partial charge in [0.15, 0.2) is 0 Å². The minimum atomic E-state index is -0.977. The Morgan fingerprint density at radius 3 is 2.39 bits per heavy atom. The third kappa shape index (κ3) is 5.19. The van der Waals surface area contributed by atoms with Crippen molar-refractivity contribution in [2.24, 2.45) is 0 Å². The molecule has 0 N–H and O–H groups in total. The first-order valence-electron chi connectivity index (χ1n) is 7.28. The van der Waals surface area contributed by atoms with E-state index < -0.39 is 11.8 Å². The zero-order valence-corrected chi connectivity index (χ0v) is 14.1. The molecule has 23 heavy (non-hydrogen) atoms. The normalized spacial score (nSPS) is 18.0. The van der Waals surface area contributed by atoms with Crippen molar-refractivity contribution in [2.45, 2.75) is 33.5 Å². The Balaban J connectivity index is 3.30. The smallest absolute Gasteiger partial charge is 0.346 e. The summed E-state index contributed by atoms with van der Waals surface area (Å²) < 4.78 is 10.9. The van der Waals surface area contributed by atoms with E-state index in [1.807, 2.05) is 25.2 Å². The maximum Gasteiger partial charge on any atom is 0.346 e. The van der Waals surface area contributed by atoms with E-state index in [-0.39, 0.29) is 0 Å². The molecule has 0 saturated carbocycles. The molecule has 120 valence electrons. The van der Waals surface area contributed by atoms with Crippen molar-refractivity contribution < 1.29 is 14.3 Å². The van der Waals surface area contributed by atoms with E-state index >= 15 is 0 Å². The highest BCUT2D eigenvalue weighted by atomic mass is 16.7. The number of hydrogen-bond donors (Lipinski definition) is 0. The molecule has 0 amide bonds. The van der Waals surface area contributed by atoms with Crippen molar-refractivity contribution in [3.63, 3.8) is 0 Å². The van der Waals surface area contributed by atoms with Crippen LogP contribution in [0.4, 0.5) is 0 Å². The lowest BCUT2D eigenvalue weighted by Gasteiger charge is -2.32. The van der Waals surface area contributed by atoms with Gasteiger partial charge in [0.1, 0.15) is 11.3 Å². The molecule has 1 aliphatic rings. The molecule has 0 fully saturated rings. The SMILES string of the molecule is C=C/C=C(/C#C/C(C=C)=C/C=C\C)C1=C(C)OC(C)(C)OC1=O. The third-order valence-electron chi connectivity index (χ3n) is 2.88. The van der Waals surface area contributed by atoms with Crippen molar-refractivity contribution >= 4 is 5.97 Å². The van der Waals surface area contributed by atoms with Crippen molar-refractivity contribution in [2.75, 3.05) is 0 Å². The number of rotatable bonds is 4. The molecule has 0 saturated heterocycles. The number of carbonyl (C=O) groups is 1. The highest BCUT2D eigenvalue weighted by molar-refractivity contribution is 5.96. The van der Waals surface area contributed by atoms with Crippen molar-refractivity contribution in [1.29, 1.82) is 0 Å². The van der Waals surface area contributed by atoms with Crippen molar-refractivity contribution in [1.82, 2.24) is 0 Å². The number of hydrogen-bond acceptors (Lipinski definition) is 3. The number of allylic oxidation sites excluding steroid dienone is 8. The van der Waals surface area contributed by atoms with Gasteiger partial charge in [-0.1, -0.05) is 49.3 Å². The van der Waals surface area contributed by atoms with Gasteiger partial charge in [-0.25, -0.2) is 4.79 Å². The fraction of sp³-hybridized carbons (Fsp3) is 0.250. The molecule has 0 spiro atoms. The number of esters is 1. The number of carbonyl (C=O) groups excluding carboxylic acids is 1. The average molecular weight is 310 g/mol. The molecule has 1 aliphatic heterocycles. The molecule has 0 atom stereocenters. The first-order chi connectivity index (χ1) is 10.8. The second-order valence-electron chi connectivity index (χ2n) is 5.24. The number of cyclic esters (lactones) is 1. The Labute approximate surface area is 138 Å². The number of ether oxygens (including phenoxy) is 2. The van der Waals surface area contributed by atoms with Crippen LogP contribution < -0.4 is 0 Å².